The quantitative estimate of drug-likeness (QED) is 0.0261. The average Bonchev–Trinajstić information content (AvgIpc) is 3.39. The van der Waals surface area contributed by atoms with E-state index in [4.69, 9.17) is 14.2 Å². The Labute approximate surface area is 450 Å². The molecule has 0 aliphatic heterocycles. The molecule has 0 aromatic carbocycles. The molecule has 0 spiro atoms. The first-order valence-corrected chi connectivity index (χ1v) is 30.4. The van der Waals surface area contributed by atoms with Gasteiger partial charge in [0.2, 0.25) is 0 Å². The summed E-state index contributed by atoms with van der Waals surface area (Å²) in [5.74, 6) is -0.929. The first-order valence-electron chi connectivity index (χ1n) is 30.4. The van der Waals surface area contributed by atoms with Crippen LogP contribution in [-0.2, 0) is 28.6 Å². The Balaban J connectivity index is 4.44. The summed E-state index contributed by atoms with van der Waals surface area (Å²) >= 11 is 0. The smallest absolute Gasteiger partial charge is 0.306 e. The zero-order valence-electron chi connectivity index (χ0n) is 47.6. The van der Waals surface area contributed by atoms with Crippen molar-refractivity contribution in [3.05, 3.63) is 109 Å². The van der Waals surface area contributed by atoms with Crippen molar-refractivity contribution in [3.8, 4) is 0 Å². The standard InChI is InChI=1S/C67H112O6/c1-4-7-10-13-16-19-22-25-28-31-32-33-34-35-36-37-40-42-45-48-51-54-57-60-66(69)72-63-64(73-67(70)61-58-55-52-49-46-43-39-30-27-24-21-18-15-12-9-6-3)62-71-65(68)59-56-53-50-47-44-41-38-29-26-23-20-17-14-11-8-5-2/h7,10,16,19-21,23-25,28-30,32-33,35-36,38-39,64H,4-6,8-9,11-15,17-18,22,26-27,31,34,37,40-63H2,1-3H3/b10-7-,19-16-,23-20-,24-21-,28-25-,33-32-,36-35-,38-29-,39-30-. The van der Waals surface area contributed by atoms with Crippen LogP contribution in [0.1, 0.15) is 278 Å². The average molecular weight is 1010 g/mol. The molecule has 0 aromatic rings. The summed E-state index contributed by atoms with van der Waals surface area (Å²) in [6.07, 6.45) is 82.2. The molecule has 0 saturated heterocycles. The first kappa shape index (κ1) is 69.1. The number of ether oxygens (including phenoxy) is 3. The van der Waals surface area contributed by atoms with Crippen LogP contribution in [0, 0.1) is 0 Å². The fourth-order valence-corrected chi connectivity index (χ4v) is 8.18. The Morgan fingerprint density at radius 2 is 0.534 bits per heavy atom. The second kappa shape index (κ2) is 60.6. The number of rotatable bonds is 54. The highest BCUT2D eigenvalue weighted by Crippen LogP contribution is 2.14. The van der Waals surface area contributed by atoms with Gasteiger partial charge in [-0.3, -0.25) is 14.4 Å². The molecule has 1 atom stereocenters. The Kier molecular flexibility index (Phi) is 57.4. The molecule has 6 heteroatoms. The second-order valence-corrected chi connectivity index (χ2v) is 19.9. The van der Waals surface area contributed by atoms with Crippen molar-refractivity contribution in [1.29, 1.82) is 0 Å². The van der Waals surface area contributed by atoms with Gasteiger partial charge in [0.1, 0.15) is 13.2 Å². The number of allylic oxidation sites excluding steroid dienone is 18. The third-order valence-corrected chi connectivity index (χ3v) is 12.7. The van der Waals surface area contributed by atoms with E-state index in [2.05, 4.69) is 130 Å². The number of hydrogen-bond donors (Lipinski definition) is 0. The Morgan fingerprint density at radius 3 is 0.836 bits per heavy atom. The van der Waals surface area contributed by atoms with Crippen LogP contribution in [0.2, 0.25) is 0 Å². The maximum Gasteiger partial charge on any atom is 0.306 e. The summed E-state index contributed by atoms with van der Waals surface area (Å²) in [4.78, 5) is 38.3. The van der Waals surface area contributed by atoms with Gasteiger partial charge in [-0.1, -0.05) is 239 Å². The lowest BCUT2D eigenvalue weighted by Crippen LogP contribution is -2.30. The number of hydrogen-bond acceptors (Lipinski definition) is 6. The van der Waals surface area contributed by atoms with Crippen molar-refractivity contribution in [1.82, 2.24) is 0 Å². The molecule has 416 valence electrons. The molecule has 73 heavy (non-hydrogen) atoms. The van der Waals surface area contributed by atoms with Gasteiger partial charge in [-0.05, 0) is 128 Å². The molecule has 0 radical (unpaired) electrons. The third-order valence-electron chi connectivity index (χ3n) is 12.7. The normalized spacial score (nSPS) is 12.9. The summed E-state index contributed by atoms with van der Waals surface area (Å²) in [5, 5.41) is 0. The van der Waals surface area contributed by atoms with E-state index in [1.54, 1.807) is 0 Å². The van der Waals surface area contributed by atoms with Crippen molar-refractivity contribution >= 4 is 17.9 Å². The highest BCUT2D eigenvalue weighted by atomic mass is 16.6. The van der Waals surface area contributed by atoms with Gasteiger partial charge in [-0.25, -0.2) is 0 Å². The molecular weight excluding hydrogens is 901 g/mol. The van der Waals surface area contributed by atoms with Crippen molar-refractivity contribution in [3.63, 3.8) is 0 Å². The molecule has 0 heterocycles. The van der Waals surface area contributed by atoms with Crippen molar-refractivity contribution in [2.75, 3.05) is 13.2 Å². The minimum atomic E-state index is -0.799. The van der Waals surface area contributed by atoms with Crippen molar-refractivity contribution in [2.45, 2.75) is 284 Å². The number of unbranched alkanes of at least 4 members (excludes halogenated alkanes) is 25. The zero-order chi connectivity index (χ0) is 52.9. The molecule has 0 saturated carbocycles. The fourth-order valence-electron chi connectivity index (χ4n) is 8.18. The molecule has 0 rings (SSSR count). The SMILES string of the molecule is CC/C=C\C/C=C\C/C=C\C/C=C\C/C=C\CCCCCCCCCC(=O)OCC(COC(=O)CCCCCCC/C=C\C/C=C\CCCCCC)OC(=O)CCCCCCC/C=C\C/C=C\CCCCCC. The third kappa shape index (κ3) is 58.8. The fraction of sp³-hybridized carbons (Fsp3) is 0.687. The van der Waals surface area contributed by atoms with E-state index in [1.807, 2.05) is 0 Å². The minimum absolute atomic E-state index is 0.0954. The lowest BCUT2D eigenvalue weighted by atomic mass is 10.1. The topological polar surface area (TPSA) is 78.9 Å². The van der Waals surface area contributed by atoms with Gasteiger partial charge in [0.15, 0.2) is 6.10 Å². The van der Waals surface area contributed by atoms with Crippen LogP contribution in [-0.4, -0.2) is 37.2 Å². The Morgan fingerprint density at radius 1 is 0.288 bits per heavy atom. The van der Waals surface area contributed by atoms with Gasteiger partial charge in [0.25, 0.3) is 0 Å². The van der Waals surface area contributed by atoms with Gasteiger partial charge < -0.3 is 14.2 Å². The van der Waals surface area contributed by atoms with Crippen molar-refractivity contribution in [2.24, 2.45) is 0 Å². The van der Waals surface area contributed by atoms with E-state index in [9.17, 15) is 14.4 Å². The van der Waals surface area contributed by atoms with Crippen LogP contribution in [0.3, 0.4) is 0 Å². The van der Waals surface area contributed by atoms with E-state index >= 15 is 0 Å². The van der Waals surface area contributed by atoms with Crippen LogP contribution in [0.15, 0.2) is 109 Å². The van der Waals surface area contributed by atoms with Crippen LogP contribution in [0.4, 0.5) is 0 Å². The molecular formula is C67H112O6. The highest BCUT2D eigenvalue weighted by Gasteiger charge is 2.19. The van der Waals surface area contributed by atoms with E-state index in [1.165, 1.54) is 89.9 Å². The van der Waals surface area contributed by atoms with E-state index in [-0.39, 0.29) is 31.1 Å². The van der Waals surface area contributed by atoms with Gasteiger partial charge >= 0.3 is 17.9 Å². The Hall–Kier alpha value is -3.93. The summed E-state index contributed by atoms with van der Waals surface area (Å²) in [5.41, 5.74) is 0. The zero-order valence-corrected chi connectivity index (χ0v) is 47.6. The summed E-state index contributed by atoms with van der Waals surface area (Å²) < 4.78 is 16.9. The molecule has 1 unspecified atom stereocenters. The molecule has 0 bridgehead atoms. The largest absolute Gasteiger partial charge is 0.462 e. The highest BCUT2D eigenvalue weighted by molar-refractivity contribution is 5.71. The summed E-state index contributed by atoms with van der Waals surface area (Å²) in [6, 6.07) is 0. The van der Waals surface area contributed by atoms with Crippen LogP contribution in [0.25, 0.3) is 0 Å². The lowest BCUT2D eigenvalue weighted by Gasteiger charge is -2.18. The van der Waals surface area contributed by atoms with E-state index in [0.29, 0.717) is 19.3 Å². The van der Waals surface area contributed by atoms with E-state index < -0.39 is 6.10 Å². The lowest BCUT2D eigenvalue weighted by molar-refractivity contribution is -0.167. The predicted octanol–water partition coefficient (Wildman–Crippen LogP) is 20.7. The molecule has 0 fully saturated rings. The minimum Gasteiger partial charge on any atom is -0.462 e. The second-order valence-electron chi connectivity index (χ2n) is 19.9. The summed E-state index contributed by atoms with van der Waals surface area (Å²) in [7, 11) is 0. The van der Waals surface area contributed by atoms with Crippen LogP contribution >= 0.6 is 0 Å². The number of esters is 3. The Bertz CT molecular complexity index is 1490. The van der Waals surface area contributed by atoms with E-state index in [0.717, 1.165) is 148 Å². The molecule has 0 amide bonds. The van der Waals surface area contributed by atoms with Gasteiger partial charge in [0.05, 0.1) is 0 Å². The van der Waals surface area contributed by atoms with Gasteiger partial charge in [-0.2, -0.15) is 0 Å². The summed E-state index contributed by atoms with van der Waals surface area (Å²) in [6.45, 7) is 6.47. The van der Waals surface area contributed by atoms with Crippen molar-refractivity contribution < 1.29 is 28.6 Å². The van der Waals surface area contributed by atoms with Crippen LogP contribution < -0.4 is 0 Å². The maximum atomic E-state index is 12.9. The molecule has 0 N–H and O–H groups in total. The molecule has 0 aliphatic rings. The number of carbonyl (C=O) groups is 3. The number of carbonyl (C=O) groups excluding carboxylic acids is 3. The predicted molar refractivity (Wildman–Crippen MR) is 316 cm³/mol. The molecule has 0 aromatic heterocycles. The van der Waals surface area contributed by atoms with Gasteiger partial charge in [-0.15, -0.1) is 0 Å². The first-order chi connectivity index (χ1) is 36.0. The van der Waals surface area contributed by atoms with Crippen LogP contribution in [0.5, 0.6) is 0 Å². The molecule has 0 aliphatic carbocycles. The molecule has 6 nitrogen and oxygen atoms in total. The monoisotopic (exact) mass is 1010 g/mol. The maximum absolute atomic E-state index is 12.9. The van der Waals surface area contributed by atoms with Gasteiger partial charge in [0, 0.05) is 19.3 Å².